The number of anilines is 1. The molecule has 1 aliphatic rings. The summed E-state index contributed by atoms with van der Waals surface area (Å²) in [5.41, 5.74) is 10.7. The average molecular weight is 329 g/mol. The SMILES string of the molecule is Nc1nc2c3c(ccn3n1)C(c1ccccc1F)=Nc1ccccc1-2. The quantitative estimate of drug-likeness (QED) is 0.511. The van der Waals surface area contributed by atoms with E-state index in [2.05, 4.69) is 10.1 Å². The van der Waals surface area contributed by atoms with Crippen LogP contribution in [0.3, 0.4) is 0 Å². The summed E-state index contributed by atoms with van der Waals surface area (Å²) in [4.78, 5) is 9.20. The Labute approximate surface area is 142 Å². The predicted molar refractivity (Wildman–Crippen MR) is 94.5 cm³/mol. The van der Waals surface area contributed by atoms with Crippen LogP contribution in [-0.4, -0.2) is 20.3 Å². The molecule has 2 aromatic carbocycles. The van der Waals surface area contributed by atoms with E-state index in [0.29, 0.717) is 17.0 Å². The lowest BCUT2D eigenvalue weighted by atomic mass is 10.0. The second kappa shape index (κ2) is 4.98. The van der Waals surface area contributed by atoms with Crippen molar-refractivity contribution in [2.45, 2.75) is 0 Å². The van der Waals surface area contributed by atoms with Gasteiger partial charge in [-0.15, -0.1) is 5.10 Å². The maximum Gasteiger partial charge on any atom is 0.238 e. The fourth-order valence-electron chi connectivity index (χ4n) is 3.23. The number of fused-ring (bicyclic) bond motifs is 2. The zero-order valence-electron chi connectivity index (χ0n) is 13.0. The second-order valence-corrected chi connectivity index (χ2v) is 5.80. The van der Waals surface area contributed by atoms with Gasteiger partial charge in [-0.05, 0) is 24.3 Å². The van der Waals surface area contributed by atoms with Crippen LogP contribution in [0.25, 0.3) is 16.8 Å². The van der Waals surface area contributed by atoms with E-state index in [1.807, 2.05) is 30.3 Å². The highest BCUT2D eigenvalue weighted by atomic mass is 19.1. The first kappa shape index (κ1) is 13.9. The molecular weight excluding hydrogens is 317 g/mol. The van der Waals surface area contributed by atoms with Crippen molar-refractivity contribution >= 4 is 22.9 Å². The van der Waals surface area contributed by atoms with Crippen LogP contribution in [-0.2, 0) is 0 Å². The van der Waals surface area contributed by atoms with Gasteiger partial charge >= 0.3 is 0 Å². The summed E-state index contributed by atoms with van der Waals surface area (Å²) in [6.45, 7) is 0. The standard InChI is InChI=1S/C19H12FN5/c20-14-7-3-1-5-11(14)16-13-9-10-25-18(13)17(23-19(21)24-25)12-6-2-4-8-15(12)22-16/h1-10H,(H2,21,24). The Hall–Kier alpha value is -3.54. The minimum absolute atomic E-state index is 0.175. The first-order chi connectivity index (χ1) is 12.2. The summed E-state index contributed by atoms with van der Waals surface area (Å²) >= 11 is 0. The van der Waals surface area contributed by atoms with Crippen molar-refractivity contribution in [2.75, 3.05) is 5.73 Å². The van der Waals surface area contributed by atoms with E-state index in [9.17, 15) is 4.39 Å². The van der Waals surface area contributed by atoms with Gasteiger partial charge in [-0.1, -0.05) is 30.3 Å². The van der Waals surface area contributed by atoms with Crippen molar-refractivity contribution in [1.29, 1.82) is 0 Å². The summed E-state index contributed by atoms with van der Waals surface area (Å²) < 4.78 is 16.1. The molecule has 0 fully saturated rings. The largest absolute Gasteiger partial charge is 0.367 e. The molecule has 5 rings (SSSR count). The third kappa shape index (κ3) is 1.97. The smallest absolute Gasteiger partial charge is 0.238 e. The number of aliphatic imine (C=N–C) groups is 1. The van der Waals surface area contributed by atoms with Crippen LogP contribution in [0.5, 0.6) is 0 Å². The lowest BCUT2D eigenvalue weighted by Gasteiger charge is -2.06. The summed E-state index contributed by atoms with van der Waals surface area (Å²) in [6, 6.07) is 16.1. The molecule has 3 heterocycles. The third-order valence-corrected chi connectivity index (χ3v) is 4.30. The monoisotopic (exact) mass is 329 g/mol. The van der Waals surface area contributed by atoms with Crippen molar-refractivity contribution < 1.29 is 4.39 Å². The molecule has 0 radical (unpaired) electrons. The second-order valence-electron chi connectivity index (χ2n) is 5.80. The van der Waals surface area contributed by atoms with Gasteiger partial charge in [0, 0.05) is 22.9 Å². The van der Waals surface area contributed by atoms with Crippen molar-refractivity contribution in [2.24, 2.45) is 4.99 Å². The zero-order valence-corrected chi connectivity index (χ0v) is 13.0. The summed E-state index contributed by atoms with van der Waals surface area (Å²) in [7, 11) is 0. The minimum Gasteiger partial charge on any atom is -0.367 e. The van der Waals surface area contributed by atoms with E-state index in [1.165, 1.54) is 6.07 Å². The number of nitrogens with zero attached hydrogens (tertiary/aromatic N) is 4. The maximum absolute atomic E-state index is 14.5. The van der Waals surface area contributed by atoms with Gasteiger partial charge in [0.1, 0.15) is 17.0 Å². The molecule has 5 nitrogen and oxygen atoms in total. The van der Waals surface area contributed by atoms with Crippen LogP contribution in [0, 0.1) is 5.82 Å². The molecule has 0 aliphatic carbocycles. The predicted octanol–water partition coefficient (Wildman–Crippen LogP) is 3.60. The molecule has 0 unspecified atom stereocenters. The van der Waals surface area contributed by atoms with E-state index in [-0.39, 0.29) is 11.8 Å². The molecule has 2 aromatic heterocycles. The van der Waals surface area contributed by atoms with Crippen molar-refractivity contribution in [3.63, 3.8) is 0 Å². The number of hydrogen-bond acceptors (Lipinski definition) is 4. The molecule has 0 amide bonds. The van der Waals surface area contributed by atoms with E-state index < -0.39 is 0 Å². The molecule has 2 N–H and O–H groups in total. The number of benzene rings is 2. The first-order valence-corrected chi connectivity index (χ1v) is 7.80. The van der Waals surface area contributed by atoms with Gasteiger partial charge in [-0.3, -0.25) is 0 Å². The highest BCUT2D eigenvalue weighted by molar-refractivity contribution is 6.20. The van der Waals surface area contributed by atoms with Gasteiger partial charge in [0.2, 0.25) is 5.95 Å². The van der Waals surface area contributed by atoms with E-state index in [0.717, 1.165) is 22.3 Å². The normalized spacial score (nSPS) is 12.6. The summed E-state index contributed by atoms with van der Waals surface area (Å²) in [6.07, 6.45) is 1.79. The van der Waals surface area contributed by atoms with Gasteiger partial charge in [0.15, 0.2) is 0 Å². The van der Waals surface area contributed by atoms with E-state index in [4.69, 9.17) is 10.7 Å². The fraction of sp³-hybridized carbons (Fsp3) is 0. The molecule has 0 atom stereocenters. The van der Waals surface area contributed by atoms with E-state index >= 15 is 0 Å². The van der Waals surface area contributed by atoms with Crippen LogP contribution in [0.15, 0.2) is 65.8 Å². The maximum atomic E-state index is 14.5. The van der Waals surface area contributed by atoms with Gasteiger partial charge in [-0.2, -0.15) is 0 Å². The van der Waals surface area contributed by atoms with Crippen LogP contribution in [0.1, 0.15) is 11.1 Å². The number of halogens is 1. The van der Waals surface area contributed by atoms with Crippen molar-refractivity contribution in [3.8, 4) is 11.3 Å². The highest BCUT2D eigenvalue weighted by Gasteiger charge is 2.24. The Morgan fingerprint density at radius 1 is 0.880 bits per heavy atom. The Morgan fingerprint density at radius 3 is 2.48 bits per heavy atom. The lowest BCUT2D eigenvalue weighted by Crippen LogP contribution is -2.07. The molecule has 120 valence electrons. The van der Waals surface area contributed by atoms with Crippen molar-refractivity contribution in [1.82, 2.24) is 14.6 Å². The van der Waals surface area contributed by atoms with Crippen LogP contribution in [0.2, 0.25) is 0 Å². The Kier molecular flexibility index (Phi) is 2.76. The lowest BCUT2D eigenvalue weighted by molar-refractivity contribution is 0.625. The average Bonchev–Trinajstić information content (AvgIpc) is 2.97. The molecule has 6 heteroatoms. The van der Waals surface area contributed by atoms with Crippen LogP contribution in [0.4, 0.5) is 16.0 Å². The number of nitrogen functional groups attached to an aromatic ring is 1. The fourth-order valence-corrected chi connectivity index (χ4v) is 3.23. The van der Waals surface area contributed by atoms with Gasteiger partial charge < -0.3 is 5.73 Å². The molecular formula is C19H12FN5. The number of para-hydroxylation sites is 1. The first-order valence-electron chi connectivity index (χ1n) is 7.80. The Bertz CT molecular complexity index is 1180. The summed E-state index contributed by atoms with van der Waals surface area (Å²) in [5, 5.41) is 4.24. The third-order valence-electron chi connectivity index (χ3n) is 4.30. The van der Waals surface area contributed by atoms with Gasteiger partial charge in [-0.25, -0.2) is 18.9 Å². The number of rotatable bonds is 1. The molecule has 0 saturated carbocycles. The van der Waals surface area contributed by atoms with Crippen LogP contribution >= 0.6 is 0 Å². The molecule has 0 spiro atoms. The Balaban J connectivity index is 1.95. The number of nitrogens with two attached hydrogens (primary N) is 1. The Morgan fingerprint density at radius 2 is 1.64 bits per heavy atom. The molecule has 0 bridgehead atoms. The number of aromatic nitrogens is 3. The van der Waals surface area contributed by atoms with Crippen molar-refractivity contribution in [3.05, 3.63) is 77.7 Å². The van der Waals surface area contributed by atoms with Gasteiger partial charge in [0.05, 0.1) is 11.4 Å². The topological polar surface area (TPSA) is 68.6 Å². The molecule has 4 aromatic rings. The zero-order chi connectivity index (χ0) is 17.0. The van der Waals surface area contributed by atoms with Gasteiger partial charge in [0.25, 0.3) is 0 Å². The molecule has 25 heavy (non-hydrogen) atoms. The minimum atomic E-state index is -0.321. The highest BCUT2D eigenvalue weighted by Crippen LogP contribution is 2.38. The van der Waals surface area contributed by atoms with Crippen LogP contribution < -0.4 is 5.73 Å². The molecule has 0 saturated heterocycles. The molecule has 1 aliphatic heterocycles. The van der Waals surface area contributed by atoms with E-state index in [1.54, 1.807) is 28.9 Å². The number of hydrogen-bond donors (Lipinski definition) is 1. The summed E-state index contributed by atoms with van der Waals surface area (Å²) in [5.74, 6) is -0.147.